The molecule has 0 atom stereocenters. The van der Waals surface area contributed by atoms with Crippen molar-refractivity contribution in [3.05, 3.63) is 24.3 Å². The van der Waals surface area contributed by atoms with E-state index >= 15 is 0 Å². The third kappa shape index (κ3) is 5.02. The fraction of sp³-hybridized carbons (Fsp3) is 0. The Hall–Kier alpha value is -1.55. The number of carbonyl (C=O) groups is 4. The standard InChI is InChI=1S/2C4H3NO2.Pt/c2*6-3-1-2-4(7)5-3;/h2*1-2H,(H,5,6,7);/q;;+4. The molecule has 2 N–H and O–H groups in total. The van der Waals surface area contributed by atoms with Crippen molar-refractivity contribution in [1.29, 1.82) is 0 Å². The number of hydrogen-bond donors (Lipinski definition) is 2. The maximum Gasteiger partial charge on any atom is 4.00 e. The first kappa shape index (κ1) is 13.4. The zero-order valence-electron chi connectivity index (χ0n) is 7.26. The number of amides is 4. The molecule has 2 rings (SSSR count). The number of carbonyl (C=O) groups excluding carboxylic acids is 4. The van der Waals surface area contributed by atoms with E-state index in [4.69, 9.17) is 0 Å². The molecule has 0 aliphatic carbocycles. The molecule has 0 aromatic heterocycles. The normalized spacial score (nSPS) is 16.5. The zero-order chi connectivity index (χ0) is 10.6. The van der Waals surface area contributed by atoms with Gasteiger partial charge in [0, 0.05) is 24.3 Å². The van der Waals surface area contributed by atoms with E-state index in [1.807, 2.05) is 10.6 Å². The Morgan fingerprint density at radius 1 is 0.600 bits per heavy atom. The van der Waals surface area contributed by atoms with Gasteiger partial charge in [0.05, 0.1) is 0 Å². The second-order valence-electron chi connectivity index (χ2n) is 2.37. The van der Waals surface area contributed by atoms with E-state index in [0.717, 1.165) is 0 Å². The molecule has 0 fully saturated rings. The SMILES string of the molecule is O=C1C=CC(=O)N1.O=C1C=CC(=O)N1.[Pt+4]. The van der Waals surface area contributed by atoms with Crippen molar-refractivity contribution in [2.75, 3.05) is 0 Å². The number of rotatable bonds is 0. The van der Waals surface area contributed by atoms with Crippen LogP contribution < -0.4 is 10.6 Å². The van der Waals surface area contributed by atoms with Crippen LogP contribution >= 0.6 is 0 Å². The van der Waals surface area contributed by atoms with Crippen molar-refractivity contribution >= 4 is 23.6 Å². The van der Waals surface area contributed by atoms with Gasteiger partial charge in [0.25, 0.3) is 23.6 Å². The van der Waals surface area contributed by atoms with E-state index in [1.54, 1.807) is 0 Å². The summed E-state index contributed by atoms with van der Waals surface area (Å²) < 4.78 is 0. The minimum atomic E-state index is -0.329. The predicted molar refractivity (Wildman–Crippen MR) is 44.6 cm³/mol. The Bertz CT molecular complexity index is 305. The fourth-order valence-electron chi connectivity index (χ4n) is 0.712. The van der Waals surface area contributed by atoms with Crippen molar-refractivity contribution in [2.24, 2.45) is 0 Å². The van der Waals surface area contributed by atoms with Crippen LogP contribution in [0.3, 0.4) is 0 Å². The van der Waals surface area contributed by atoms with Gasteiger partial charge >= 0.3 is 21.1 Å². The van der Waals surface area contributed by atoms with Gasteiger partial charge in [-0.2, -0.15) is 0 Å². The van der Waals surface area contributed by atoms with Crippen molar-refractivity contribution < 1.29 is 40.2 Å². The first-order valence-electron chi connectivity index (χ1n) is 3.64. The Labute approximate surface area is 99.0 Å². The van der Waals surface area contributed by atoms with Crippen molar-refractivity contribution in [2.45, 2.75) is 0 Å². The molecule has 0 aromatic rings. The molecular formula is C8H6N2O4Pt+4. The Kier molecular flexibility index (Phi) is 5.41. The van der Waals surface area contributed by atoms with Crippen LogP contribution in [0.2, 0.25) is 0 Å². The van der Waals surface area contributed by atoms with Gasteiger partial charge in [0.15, 0.2) is 0 Å². The van der Waals surface area contributed by atoms with Gasteiger partial charge in [-0.25, -0.2) is 0 Å². The maximum atomic E-state index is 10.0. The second-order valence-corrected chi connectivity index (χ2v) is 2.37. The van der Waals surface area contributed by atoms with Crippen LogP contribution in [0, 0.1) is 0 Å². The molecule has 7 heteroatoms. The summed E-state index contributed by atoms with van der Waals surface area (Å²) in [4.78, 5) is 40.1. The molecule has 2 heterocycles. The molecule has 78 valence electrons. The van der Waals surface area contributed by atoms with E-state index in [0.29, 0.717) is 0 Å². The van der Waals surface area contributed by atoms with E-state index in [-0.39, 0.29) is 44.7 Å². The minimum Gasteiger partial charge on any atom is -0.289 e. The third-order valence-electron chi connectivity index (χ3n) is 1.26. The molecule has 0 spiro atoms. The molecule has 2 aliphatic rings. The van der Waals surface area contributed by atoms with Crippen LogP contribution in [0.1, 0.15) is 0 Å². The zero-order valence-corrected chi connectivity index (χ0v) is 9.53. The summed E-state index contributed by atoms with van der Waals surface area (Å²) in [6, 6.07) is 0. The fourth-order valence-corrected chi connectivity index (χ4v) is 0.712. The summed E-state index contributed by atoms with van der Waals surface area (Å²) in [6.07, 6.45) is 4.79. The number of nitrogens with one attached hydrogen (secondary N) is 2. The molecule has 6 nitrogen and oxygen atoms in total. The summed E-state index contributed by atoms with van der Waals surface area (Å²) in [5.41, 5.74) is 0. The average molecular weight is 389 g/mol. The van der Waals surface area contributed by atoms with E-state index in [2.05, 4.69) is 0 Å². The second kappa shape index (κ2) is 6.03. The number of hydrogen-bond acceptors (Lipinski definition) is 4. The van der Waals surface area contributed by atoms with Gasteiger partial charge in [-0.05, 0) is 0 Å². The van der Waals surface area contributed by atoms with E-state index < -0.39 is 0 Å². The van der Waals surface area contributed by atoms with Gasteiger partial charge < -0.3 is 0 Å². The van der Waals surface area contributed by atoms with Gasteiger partial charge in [-0.1, -0.05) is 0 Å². The first-order valence-corrected chi connectivity index (χ1v) is 3.64. The summed E-state index contributed by atoms with van der Waals surface area (Å²) in [7, 11) is 0. The smallest absolute Gasteiger partial charge is 0.289 e. The molecule has 2 aliphatic heterocycles. The van der Waals surface area contributed by atoms with Gasteiger partial charge in [0.1, 0.15) is 0 Å². The monoisotopic (exact) mass is 389 g/mol. The van der Waals surface area contributed by atoms with E-state index in [9.17, 15) is 19.2 Å². The molecule has 4 amide bonds. The molecule has 15 heavy (non-hydrogen) atoms. The largest absolute Gasteiger partial charge is 4.00 e. The topological polar surface area (TPSA) is 92.3 Å². The maximum absolute atomic E-state index is 10.0. The Morgan fingerprint density at radius 3 is 0.867 bits per heavy atom. The first-order chi connectivity index (χ1) is 6.58. The van der Waals surface area contributed by atoms with Crippen LogP contribution in [-0.2, 0) is 40.2 Å². The van der Waals surface area contributed by atoms with Crippen molar-refractivity contribution in [3.8, 4) is 0 Å². The molecule has 0 radical (unpaired) electrons. The van der Waals surface area contributed by atoms with Crippen LogP contribution in [0.4, 0.5) is 0 Å². The quantitative estimate of drug-likeness (QED) is 0.488. The minimum absolute atomic E-state index is 0. The summed E-state index contributed by atoms with van der Waals surface area (Å²) in [6.45, 7) is 0. The molecule has 0 saturated carbocycles. The van der Waals surface area contributed by atoms with Crippen molar-refractivity contribution in [3.63, 3.8) is 0 Å². The van der Waals surface area contributed by atoms with Crippen LogP contribution in [0.25, 0.3) is 0 Å². The van der Waals surface area contributed by atoms with Gasteiger partial charge in [0.2, 0.25) is 0 Å². The van der Waals surface area contributed by atoms with Crippen LogP contribution in [-0.4, -0.2) is 23.6 Å². The Balaban J connectivity index is 0.000000245. The third-order valence-corrected chi connectivity index (χ3v) is 1.26. The Morgan fingerprint density at radius 2 is 0.800 bits per heavy atom. The van der Waals surface area contributed by atoms with Gasteiger partial charge in [-0.15, -0.1) is 0 Å². The molecule has 0 bridgehead atoms. The summed E-state index contributed by atoms with van der Waals surface area (Å²) in [5.74, 6) is -1.31. The van der Waals surface area contributed by atoms with E-state index in [1.165, 1.54) is 24.3 Å². The summed E-state index contributed by atoms with van der Waals surface area (Å²) >= 11 is 0. The number of imide groups is 2. The molecule has 0 unspecified atom stereocenters. The van der Waals surface area contributed by atoms with Crippen molar-refractivity contribution in [1.82, 2.24) is 10.6 Å². The van der Waals surface area contributed by atoms with Crippen LogP contribution in [0.15, 0.2) is 24.3 Å². The molecule has 0 saturated heterocycles. The van der Waals surface area contributed by atoms with Crippen LogP contribution in [0.5, 0.6) is 0 Å². The molecular weight excluding hydrogens is 383 g/mol. The van der Waals surface area contributed by atoms with Gasteiger partial charge in [-0.3, -0.25) is 29.8 Å². The predicted octanol–water partition coefficient (Wildman–Crippen LogP) is -1.60. The molecule has 0 aromatic carbocycles. The summed E-state index contributed by atoms with van der Waals surface area (Å²) in [5, 5.41) is 4.06. The average Bonchev–Trinajstić information content (AvgIpc) is 2.63.